The van der Waals surface area contributed by atoms with Crippen LogP contribution in [-0.4, -0.2) is 36.5 Å². The smallest absolute Gasteiger partial charge is 0.339 e. The van der Waals surface area contributed by atoms with E-state index in [1.807, 2.05) is 30.3 Å². The molecule has 0 aliphatic carbocycles. The lowest BCUT2D eigenvalue weighted by molar-refractivity contribution is -0.142. The van der Waals surface area contributed by atoms with Crippen LogP contribution in [0, 0.1) is 0 Å². The highest BCUT2D eigenvalue weighted by atomic mass is 16.5. The molecule has 0 saturated heterocycles. The third-order valence-electron chi connectivity index (χ3n) is 4.01. The predicted molar refractivity (Wildman–Crippen MR) is 108 cm³/mol. The van der Waals surface area contributed by atoms with Gasteiger partial charge in [0, 0.05) is 23.2 Å². The minimum absolute atomic E-state index is 0.207. The zero-order chi connectivity index (χ0) is 20.6. The maximum Gasteiger partial charge on any atom is 0.339 e. The van der Waals surface area contributed by atoms with Crippen LogP contribution < -0.4 is 5.32 Å². The molecule has 0 bridgehead atoms. The number of aromatic nitrogens is 1. The third kappa shape index (κ3) is 5.04. The molecule has 0 radical (unpaired) electrons. The number of benzene rings is 2. The van der Waals surface area contributed by atoms with Gasteiger partial charge in [0.05, 0.1) is 23.9 Å². The molecule has 0 aliphatic heterocycles. The first-order chi connectivity index (χ1) is 14.1. The van der Waals surface area contributed by atoms with Crippen LogP contribution in [-0.2, 0) is 19.1 Å². The number of rotatable bonds is 6. The van der Waals surface area contributed by atoms with Crippen LogP contribution in [0.5, 0.6) is 0 Å². The highest BCUT2D eigenvalue weighted by molar-refractivity contribution is 6.02. The normalized spacial score (nSPS) is 10.7. The number of hydrogen-bond acceptors (Lipinski definition) is 6. The van der Waals surface area contributed by atoms with Gasteiger partial charge in [-0.15, -0.1) is 0 Å². The van der Waals surface area contributed by atoms with Crippen molar-refractivity contribution in [2.75, 3.05) is 19.0 Å². The van der Waals surface area contributed by atoms with Gasteiger partial charge in [0.15, 0.2) is 6.61 Å². The Morgan fingerprint density at radius 3 is 2.66 bits per heavy atom. The van der Waals surface area contributed by atoms with E-state index in [0.717, 1.165) is 16.5 Å². The van der Waals surface area contributed by atoms with Gasteiger partial charge < -0.3 is 14.8 Å². The second-order valence-electron chi connectivity index (χ2n) is 5.95. The van der Waals surface area contributed by atoms with Crippen molar-refractivity contribution < 1.29 is 23.9 Å². The quantitative estimate of drug-likeness (QED) is 0.513. The molecule has 1 heterocycles. The summed E-state index contributed by atoms with van der Waals surface area (Å²) in [6.07, 6.45) is 4.50. The minimum atomic E-state index is -0.672. The average Bonchev–Trinajstić information content (AvgIpc) is 2.76. The number of nitrogens with zero attached hydrogens (tertiary/aromatic N) is 1. The zero-order valence-electron chi connectivity index (χ0n) is 15.6. The van der Waals surface area contributed by atoms with Gasteiger partial charge >= 0.3 is 11.9 Å². The molecule has 1 aromatic heterocycles. The van der Waals surface area contributed by atoms with Gasteiger partial charge in [0.1, 0.15) is 0 Å². The highest BCUT2D eigenvalue weighted by Gasteiger charge is 2.14. The monoisotopic (exact) mass is 390 g/mol. The molecule has 0 aliphatic rings. The van der Waals surface area contributed by atoms with Crippen LogP contribution in [0.3, 0.4) is 0 Å². The average molecular weight is 390 g/mol. The molecular weight excluding hydrogens is 372 g/mol. The van der Waals surface area contributed by atoms with E-state index in [1.54, 1.807) is 30.5 Å². The molecule has 7 heteroatoms. The van der Waals surface area contributed by atoms with E-state index in [1.165, 1.54) is 19.3 Å². The van der Waals surface area contributed by atoms with E-state index in [4.69, 9.17) is 4.74 Å². The van der Waals surface area contributed by atoms with Gasteiger partial charge in [-0.3, -0.25) is 9.78 Å². The summed E-state index contributed by atoms with van der Waals surface area (Å²) in [6.45, 7) is -0.494. The van der Waals surface area contributed by atoms with Crippen LogP contribution in [0.1, 0.15) is 15.9 Å². The van der Waals surface area contributed by atoms with Crippen molar-refractivity contribution >= 4 is 40.5 Å². The summed E-state index contributed by atoms with van der Waals surface area (Å²) in [5, 5.41) is 3.48. The second-order valence-corrected chi connectivity index (χ2v) is 5.95. The Bertz CT molecular complexity index is 1090. The standard InChI is InChI=1S/C22H18N2O5/c1-28-22(27)17-9-2-3-10-18(17)24-19(25)14-29-20(26)12-11-16-7-4-6-15-8-5-13-23-21(15)16/h2-13H,14H2,1H3,(H,24,25)/b12-11+. The number of carbonyl (C=O) groups excluding carboxylic acids is 3. The summed E-state index contributed by atoms with van der Waals surface area (Å²) < 4.78 is 9.63. The van der Waals surface area contributed by atoms with E-state index >= 15 is 0 Å². The topological polar surface area (TPSA) is 94.6 Å². The molecule has 0 saturated carbocycles. The van der Waals surface area contributed by atoms with Crippen LogP contribution in [0.4, 0.5) is 5.69 Å². The first kappa shape index (κ1) is 19.8. The Morgan fingerprint density at radius 2 is 1.83 bits per heavy atom. The van der Waals surface area contributed by atoms with Crippen LogP contribution >= 0.6 is 0 Å². The maximum atomic E-state index is 12.1. The SMILES string of the molecule is COC(=O)c1ccccc1NC(=O)COC(=O)/C=C/c1cccc2cccnc12. The summed E-state index contributed by atoms with van der Waals surface area (Å²) in [7, 11) is 1.25. The van der Waals surface area contributed by atoms with Crippen LogP contribution in [0.25, 0.3) is 17.0 Å². The van der Waals surface area contributed by atoms with Crippen molar-refractivity contribution in [1.29, 1.82) is 0 Å². The number of pyridine rings is 1. The first-order valence-electron chi connectivity index (χ1n) is 8.74. The molecule has 1 amide bonds. The van der Waals surface area contributed by atoms with Crippen molar-refractivity contribution in [3.8, 4) is 0 Å². The van der Waals surface area contributed by atoms with E-state index < -0.39 is 24.5 Å². The first-order valence-corrected chi connectivity index (χ1v) is 8.74. The molecule has 1 N–H and O–H groups in total. The van der Waals surface area contributed by atoms with Crippen molar-refractivity contribution in [3.05, 3.63) is 78.0 Å². The Morgan fingerprint density at radius 1 is 1.03 bits per heavy atom. The van der Waals surface area contributed by atoms with Crippen molar-refractivity contribution in [3.63, 3.8) is 0 Å². The predicted octanol–water partition coefficient (Wildman–Crippen LogP) is 3.22. The summed E-state index contributed by atoms with van der Waals surface area (Å²) in [5.41, 5.74) is 2.00. The molecule has 7 nitrogen and oxygen atoms in total. The number of anilines is 1. The Balaban J connectivity index is 1.59. The van der Waals surface area contributed by atoms with Crippen molar-refractivity contribution in [2.45, 2.75) is 0 Å². The molecule has 3 rings (SSSR count). The van der Waals surface area contributed by atoms with Crippen LogP contribution in [0.2, 0.25) is 0 Å². The number of methoxy groups -OCH3 is 1. The number of ether oxygens (including phenoxy) is 2. The molecule has 2 aromatic carbocycles. The number of esters is 2. The summed E-state index contributed by atoms with van der Waals surface area (Å²) >= 11 is 0. The summed E-state index contributed by atoms with van der Waals surface area (Å²) in [4.78, 5) is 40.0. The van der Waals surface area contributed by atoms with Crippen molar-refractivity contribution in [2.24, 2.45) is 0 Å². The molecule has 3 aromatic rings. The fourth-order valence-electron chi connectivity index (χ4n) is 2.67. The van der Waals surface area contributed by atoms with E-state index in [9.17, 15) is 14.4 Å². The fourth-order valence-corrected chi connectivity index (χ4v) is 2.67. The molecule has 29 heavy (non-hydrogen) atoms. The number of carbonyl (C=O) groups is 3. The van der Waals surface area contributed by atoms with E-state index in [-0.39, 0.29) is 11.3 Å². The zero-order valence-corrected chi connectivity index (χ0v) is 15.6. The van der Waals surface area contributed by atoms with E-state index in [0.29, 0.717) is 0 Å². The highest BCUT2D eigenvalue weighted by Crippen LogP contribution is 2.17. The Hall–Kier alpha value is -4.00. The van der Waals surface area contributed by atoms with Gasteiger partial charge in [0.25, 0.3) is 5.91 Å². The molecule has 0 spiro atoms. The fraction of sp³-hybridized carbons (Fsp3) is 0.0909. The number of amides is 1. The number of hydrogen-bond donors (Lipinski definition) is 1. The lowest BCUT2D eigenvalue weighted by atomic mass is 10.1. The molecule has 146 valence electrons. The Labute approximate surface area is 167 Å². The van der Waals surface area contributed by atoms with Gasteiger partial charge in [-0.05, 0) is 24.3 Å². The van der Waals surface area contributed by atoms with Gasteiger partial charge in [-0.25, -0.2) is 9.59 Å². The van der Waals surface area contributed by atoms with Gasteiger partial charge in [-0.1, -0.05) is 36.4 Å². The molecular formula is C22H18N2O5. The number of nitrogens with one attached hydrogen (secondary N) is 1. The third-order valence-corrected chi connectivity index (χ3v) is 4.01. The molecule has 0 unspecified atom stereocenters. The largest absolute Gasteiger partial charge is 0.465 e. The van der Waals surface area contributed by atoms with Gasteiger partial charge in [-0.2, -0.15) is 0 Å². The van der Waals surface area contributed by atoms with E-state index in [2.05, 4.69) is 15.0 Å². The molecule has 0 atom stereocenters. The van der Waals surface area contributed by atoms with Crippen molar-refractivity contribution in [1.82, 2.24) is 4.98 Å². The van der Waals surface area contributed by atoms with Gasteiger partial charge in [0.2, 0.25) is 0 Å². The number of fused-ring (bicyclic) bond motifs is 1. The summed E-state index contributed by atoms with van der Waals surface area (Å²) in [6, 6.07) is 15.8. The maximum absolute atomic E-state index is 12.1. The number of para-hydroxylation sites is 2. The summed E-state index contributed by atoms with van der Waals surface area (Å²) in [5.74, 6) is -1.83. The Kier molecular flexibility index (Phi) is 6.32. The lowest BCUT2D eigenvalue weighted by Gasteiger charge is -2.09. The lowest BCUT2D eigenvalue weighted by Crippen LogP contribution is -2.21. The second kappa shape index (κ2) is 9.27. The minimum Gasteiger partial charge on any atom is -0.465 e. The molecule has 0 fully saturated rings. The van der Waals surface area contributed by atoms with Crippen LogP contribution in [0.15, 0.2) is 66.9 Å².